The highest BCUT2D eigenvalue weighted by Crippen LogP contribution is 2.30. The molecule has 1 aromatic heterocycles. The molecule has 0 fully saturated rings. The van der Waals surface area contributed by atoms with E-state index < -0.39 is 5.91 Å². The van der Waals surface area contributed by atoms with Crippen LogP contribution in [0.25, 0.3) is 0 Å². The Kier molecular flexibility index (Phi) is 7.59. The highest BCUT2D eigenvalue weighted by atomic mass is 35.5. The minimum Gasteiger partial charge on any atom is -0.396 e. The first-order chi connectivity index (χ1) is 9.51. The summed E-state index contributed by atoms with van der Waals surface area (Å²) in [6.07, 6.45) is 3.87. The van der Waals surface area contributed by atoms with Crippen LogP contribution >= 0.6 is 34.8 Å². The van der Waals surface area contributed by atoms with Gasteiger partial charge in [0.15, 0.2) is 0 Å². The molecule has 4 nitrogen and oxygen atoms in total. The van der Waals surface area contributed by atoms with E-state index in [1.54, 1.807) is 0 Å². The van der Waals surface area contributed by atoms with E-state index in [9.17, 15) is 4.79 Å². The van der Waals surface area contributed by atoms with Crippen molar-refractivity contribution >= 4 is 40.7 Å². The number of amides is 1. The third-order valence-corrected chi connectivity index (χ3v) is 4.16. The Hall–Kier alpha value is -0.550. The van der Waals surface area contributed by atoms with Crippen molar-refractivity contribution in [3.8, 4) is 0 Å². The Bertz CT molecular complexity index is 463. The Morgan fingerprint density at radius 1 is 1.35 bits per heavy atom. The van der Waals surface area contributed by atoms with Gasteiger partial charge in [-0.2, -0.15) is 0 Å². The molecular formula is C13H17Cl3N2O2. The monoisotopic (exact) mass is 338 g/mol. The Morgan fingerprint density at radius 2 is 2.05 bits per heavy atom. The van der Waals surface area contributed by atoms with Crippen LogP contribution in [0.5, 0.6) is 0 Å². The number of hydrogen-bond acceptors (Lipinski definition) is 3. The average molecular weight is 340 g/mol. The molecule has 1 unspecified atom stereocenters. The highest BCUT2D eigenvalue weighted by molar-refractivity contribution is 6.48. The van der Waals surface area contributed by atoms with Gasteiger partial charge < -0.3 is 10.4 Å². The maximum Gasteiger partial charge on any atom is 0.271 e. The van der Waals surface area contributed by atoms with Crippen LogP contribution in [0.2, 0.25) is 15.1 Å². The van der Waals surface area contributed by atoms with Gasteiger partial charge in [0, 0.05) is 19.3 Å². The summed E-state index contributed by atoms with van der Waals surface area (Å²) in [7, 11) is 0. The van der Waals surface area contributed by atoms with Gasteiger partial charge in [0.2, 0.25) is 0 Å². The molecule has 0 aromatic carbocycles. The summed E-state index contributed by atoms with van der Waals surface area (Å²) in [5.74, 6) is -0.164. The van der Waals surface area contributed by atoms with Gasteiger partial charge in [-0.25, -0.2) is 4.98 Å². The number of rotatable bonds is 7. The molecule has 1 amide bonds. The normalized spacial score (nSPS) is 12.2. The standard InChI is InChI=1S/C13H17Cl3N2O2/c1-2-3-8(4-5-19)6-18-13(20)12-11(16)10(15)9(14)7-17-12/h7-8,19H,2-6H2,1H3,(H,18,20). The quantitative estimate of drug-likeness (QED) is 0.798. The number of hydrogen-bond donors (Lipinski definition) is 2. The number of nitrogens with one attached hydrogen (secondary N) is 1. The van der Waals surface area contributed by atoms with Crippen LogP contribution in [0.1, 0.15) is 36.7 Å². The number of nitrogens with zero attached hydrogens (tertiary/aromatic N) is 1. The lowest BCUT2D eigenvalue weighted by atomic mass is 10.0. The van der Waals surface area contributed by atoms with E-state index in [2.05, 4.69) is 17.2 Å². The number of carbonyl (C=O) groups is 1. The lowest BCUT2D eigenvalue weighted by Crippen LogP contribution is -2.30. The zero-order chi connectivity index (χ0) is 15.1. The Morgan fingerprint density at radius 3 is 2.65 bits per heavy atom. The second-order valence-electron chi connectivity index (χ2n) is 4.46. The largest absolute Gasteiger partial charge is 0.396 e. The van der Waals surface area contributed by atoms with Crippen molar-refractivity contribution in [2.45, 2.75) is 26.2 Å². The second kappa shape index (κ2) is 8.67. The SMILES string of the molecule is CCCC(CCO)CNC(=O)c1ncc(Cl)c(Cl)c1Cl. The highest BCUT2D eigenvalue weighted by Gasteiger charge is 2.18. The molecule has 2 N–H and O–H groups in total. The molecule has 0 saturated carbocycles. The van der Waals surface area contributed by atoms with E-state index in [-0.39, 0.29) is 33.3 Å². The van der Waals surface area contributed by atoms with Crippen LogP contribution in [0.15, 0.2) is 6.20 Å². The van der Waals surface area contributed by atoms with Gasteiger partial charge in [-0.1, -0.05) is 48.1 Å². The van der Waals surface area contributed by atoms with Gasteiger partial charge in [0.05, 0.1) is 15.1 Å². The summed E-state index contributed by atoms with van der Waals surface area (Å²) in [6.45, 7) is 2.63. The van der Waals surface area contributed by atoms with Gasteiger partial charge in [0.1, 0.15) is 5.69 Å². The number of aromatic nitrogens is 1. The topological polar surface area (TPSA) is 62.2 Å². The van der Waals surface area contributed by atoms with Crippen LogP contribution in [0, 0.1) is 5.92 Å². The molecule has 0 aliphatic carbocycles. The van der Waals surface area contributed by atoms with Gasteiger partial charge in [-0.15, -0.1) is 0 Å². The molecule has 20 heavy (non-hydrogen) atoms. The Balaban J connectivity index is 2.69. The first-order valence-electron chi connectivity index (χ1n) is 6.39. The van der Waals surface area contributed by atoms with Crippen molar-refractivity contribution in [1.82, 2.24) is 10.3 Å². The summed E-state index contributed by atoms with van der Waals surface area (Å²) in [5.41, 5.74) is 0.0558. The van der Waals surface area contributed by atoms with E-state index in [1.807, 2.05) is 0 Å². The molecule has 0 saturated heterocycles. The van der Waals surface area contributed by atoms with Crippen LogP contribution in [0.4, 0.5) is 0 Å². The van der Waals surface area contributed by atoms with Crippen molar-refractivity contribution in [2.24, 2.45) is 5.92 Å². The molecule has 1 rings (SSSR count). The van der Waals surface area contributed by atoms with Gasteiger partial charge in [-0.3, -0.25) is 4.79 Å². The molecule has 112 valence electrons. The molecule has 0 aliphatic heterocycles. The van der Waals surface area contributed by atoms with Gasteiger partial charge in [0.25, 0.3) is 5.91 Å². The number of aliphatic hydroxyl groups excluding tert-OH is 1. The summed E-state index contributed by atoms with van der Waals surface area (Å²) in [6, 6.07) is 0. The predicted octanol–water partition coefficient (Wildman–Crippen LogP) is 3.57. The van der Waals surface area contributed by atoms with Gasteiger partial charge in [-0.05, 0) is 18.8 Å². The van der Waals surface area contributed by atoms with Crippen molar-refractivity contribution in [1.29, 1.82) is 0 Å². The molecule has 1 aromatic rings. The first kappa shape index (κ1) is 17.5. The maximum absolute atomic E-state index is 12.0. The summed E-state index contributed by atoms with van der Waals surface area (Å²) in [4.78, 5) is 15.9. The average Bonchev–Trinajstić information content (AvgIpc) is 2.42. The number of pyridine rings is 1. The zero-order valence-electron chi connectivity index (χ0n) is 11.1. The molecule has 0 bridgehead atoms. The molecular weight excluding hydrogens is 323 g/mol. The van der Waals surface area contributed by atoms with Crippen LogP contribution in [-0.2, 0) is 0 Å². The van der Waals surface area contributed by atoms with Crippen molar-refractivity contribution in [2.75, 3.05) is 13.2 Å². The molecule has 1 heterocycles. The third-order valence-electron chi connectivity index (χ3n) is 2.92. The third kappa shape index (κ3) is 4.77. The van der Waals surface area contributed by atoms with Crippen molar-refractivity contribution < 1.29 is 9.90 Å². The van der Waals surface area contributed by atoms with Crippen LogP contribution < -0.4 is 5.32 Å². The van der Waals surface area contributed by atoms with E-state index in [0.717, 1.165) is 12.8 Å². The van der Waals surface area contributed by atoms with E-state index in [4.69, 9.17) is 39.9 Å². The molecule has 7 heteroatoms. The molecule has 0 radical (unpaired) electrons. The molecule has 0 aliphatic rings. The number of halogens is 3. The fourth-order valence-corrected chi connectivity index (χ4v) is 2.43. The fraction of sp³-hybridized carbons (Fsp3) is 0.538. The van der Waals surface area contributed by atoms with Crippen LogP contribution in [-0.4, -0.2) is 29.1 Å². The summed E-state index contributed by atoms with van der Waals surface area (Å²) in [5, 5.41) is 12.1. The minimum absolute atomic E-state index is 0.0471. The first-order valence-corrected chi connectivity index (χ1v) is 7.53. The molecule has 0 spiro atoms. The zero-order valence-corrected chi connectivity index (χ0v) is 13.4. The molecule has 1 atom stereocenters. The maximum atomic E-state index is 12.0. The summed E-state index contributed by atoms with van der Waals surface area (Å²) < 4.78 is 0. The fourth-order valence-electron chi connectivity index (χ4n) is 1.86. The van der Waals surface area contributed by atoms with E-state index >= 15 is 0 Å². The minimum atomic E-state index is -0.396. The van der Waals surface area contributed by atoms with E-state index in [1.165, 1.54) is 6.20 Å². The second-order valence-corrected chi connectivity index (χ2v) is 5.62. The lowest BCUT2D eigenvalue weighted by molar-refractivity contribution is 0.0938. The van der Waals surface area contributed by atoms with Crippen LogP contribution in [0.3, 0.4) is 0 Å². The van der Waals surface area contributed by atoms with E-state index in [0.29, 0.717) is 13.0 Å². The number of carbonyl (C=O) groups excluding carboxylic acids is 1. The lowest BCUT2D eigenvalue weighted by Gasteiger charge is -2.15. The van der Waals surface area contributed by atoms with Crippen molar-refractivity contribution in [3.63, 3.8) is 0 Å². The smallest absolute Gasteiger partial charge is 0.271 e. The number of aliphatic hydroxyl groups is 1. The summed E-state index contributed by atoms with van der Waals surface area (Å²) >= 11 is 17.6. The van der Waals surface area contributed by atoms with Crippen molar-refractivity contribution in [3.05, 3.63) is 27.0 Å². The Labute approximate surface area is 133 Å². The predicted molar refractivity (Wildman–Crippen MR) is 81.7 cm³/mol. The van der Waals surface area contributed by atoms with Gasteiger partial charge >= 0.3 is 0 Å².